The van der Waals surface area contributed by atoms with Crippen molar-refractivity contribution >= 4 is 35.1 Å². The maximum Gasteiger partial charge on any atom is 0.338 e. The molecule has 0 saturated heterocycles. The molecular formula is C20H20ClN3O7. The summed E-state index contributed by atoms with van der Waals surface area (Å²) in [4.78, 5) is 46.1. The van der Waals surface area contributed by atoms with E-state index < -0.39 is 28.4 Å². The van der Waals surface area contributed by atoms with Gasteiger partial charge in [-0.05, 0) is 43.2 Å². The molecule has 0 bridgehead atoms. The van der Waals surface area contributed by atoms with Gasteiger partial charge in [0.05, 0.1) is 24.2 Å². The smallest absolute Gasteiger partial charge is 0.338 e. The van der Waals surface area contributed by atoms with E-state index in [1.807, 2.05) is 6.92 Å². The van der Waals surface area contributed by atoms with Crippen LogP contribution >= 0.6 is 11.6 Å². The molecule has 0 aliphatic carbocycles. The Balaban J connectivity index is 1.86. The highest BCUT2D eigenvalue weighted by atomic mass is 35.5. The fourth-order valence-corrected chi connectivity index (χ4v) is 2.76. The van der Waals surface area contributed by atoms with Crippen molar-refractivity contribution in [3.8, 4) is 5.75 Å². The number of halogens is 1. The number of amides is 2. The lowest BCUT2D eigenvalue weighted by Crippen LogP contribution is -2.41. The number of ether oxygens (including phenoxy) is 2. The van der Waals surface area contributed by atoms with Crippen molar-refractivity contribution in [3.05, 3.63) is 68.2 Å². The summed E-state index contributed by atoms with van der Waals surface area (Å²) in [5, 5.41) is 11.6. The Kier molecular flexibility index (Phi) is 8.33. The van der Waals surface area contributed by atoms with Crippen molar-refractivity contribution in [3.63, 3.8) is 0 Å². The second-order valence-corrected chi connectivity index (χ2v) is 6.82. The SMILES string of the molecule is COC(=O)c1cc(C(=O)NNC(=O)CCCOc2ccc(Cl)cc2C)cc([N+](=O)[O-])c1. The van der Waals surface area contributed by atoms with Crippen LogP contribution in [-0.4, -0.2) is 36.4 Å². The molecule has 2 rings (SSSR count). The number of nitro benzene ring substituents is 1. The molecule has 0 radical (unpaired) electrons. The van der Waals surface area contributed by atoms with Gasteiger partial charge in [0.15, 0.2) is 0 Å². The topological polar surface area (TPSA) is 137 Å². The van der Waals surface area contributed by atoms with Crippen LogP contribution in [0.4, 0.5) is 5.69 Å². The largest absolute Gasteiger partial charge is 0.493 e. The fraction of sp³-hybridized carbons (Fsp3) is 0.250. The molecule has 10 nitrogen and oxygen atoms in total. The average molecular weight is 450 g/mol. The minimum Gasteiger partial charge on any atom is -0.493 e. The van der Waals surface area contributed by atoms with Crippen LogP contribution in [-0.2, 0) is 9.53 Å². The summed E-state index contributed by atoms with van der Waals surface area (Å²) in [6.45, 7) is 2.13. The number of non-ortho nitro benzene ring substituents is 1. The van der Waals surface area contributed by atoms with E-state index in [9.17, 15) is 24.5 Å². The van der Waals surface area contributed by atoms with Gasteiger partial charge in [-0.25, -0.2) is 4.79 Å². The van der Waals surface area contributed by atoms with Gasteiger partial charge in [-0.2, -0.15) is 0 Å². The second-order valence-electron chi connectivity index (χ2n) is 6.38. The Bertz CT molecular complexity index is 1010. The van der Waals surface area contributed by atoms with Gasteiger partial charge < -0.3 is 9.47 Å². The molecular weight excluding hydrogens is 430 g/mol. The van der Waals surface area contributed by atoms with Crippen molar-refractivity contribution in [2.45, 2.75) is 19.8 Å². The number of methoxy groups -OCH3 is 1. The lowest BCUT2D eigenvalue weighted by molar-refractivity contribution is -0.384. The lowest BCUT2D eigenvalue weighted by atomic mass is 10.1. The van der Waals surface area contributed by atoms with Gasteiger partial charge in [-0.1, -0.05) is 11.6 Å². The zero-order chi connectivity index (χ0) is 23.0. The van der Waals surface area contributed by atoms with Crippen LogP contribution < -0.4 is 15.6 Å². The normalized spacial score (nSPS) is 10.2. The number of esters is 1. The number of aryl methyl sites for hydroxylation is 1. The zero-order valence-corrected chi connectivity index (χ0v) is 17.5. The summed E-state index contributed by atoms with van der Waals surface area (Å²) < 4.78 is 10.1. The van der Waals surface area contributed by atoms with Crippen LogP contribution in [0.1, 0.15) is 39.1 Å². The van der Waals surface area contributed by atoms with Crippen molar-refractivity contribution in [1.29, 1.82) is 0 Å². The highest BCUT2D eigenvalue weighted by Crippen LogP contribution is 2.22. The summed E-state index contributed by atoms with van der Waals surface area (Å²) in [5.41, 5.74) is 4.42. The van der Waals surface area contributed by atoms with Crippen LogP contribution in [0, 0.1) is 17.0 Å². The van der Waals surface area contributed by atoms with E-state index in [1.165, 1.54) is 0 Å². The Morgan fingerprint density at radius 2 is 1.81 bits per heavy atom. The van der Waals surface area contributed by atoms with Crippen molar-refractivity contribution < 1.29 is 28.8 Å². The van der Waals surface area contributed by atoms with Crippen molar-refractivity contribution in [2.24, 2.45) is 0 Å². The van der Waals surface area contributed by atoms with E-state index in [2.05, 4.69) is 15.6 Å². The highest BCUT2D eigenvalue weighted by Gasteiger charge is 2.18. The maximum absolute atomic E-state index is 12.2. The minimum absolute atomic E-state index is 0.0647. The van der Waals surface area contributed by atoms with Gasteiger partial charge in [-0.3, -0.25) is 30.6 Å². The van der Waals surface area contributed by atoms with Gasteiger partial charge in [0, 0.05) is 29.1 Å². The molecule has 2 aromatic carbocycles. The number of benzene rings is 2. The number of nitrogens with zero attached hydrogens (tertiary/aromatic N) is 1. The number of nitro groups is 1. The van der Waals surface area contributed by atoms with Crippen LogP contribution in [0.3, 0.4) is 0 Å². The molecule has 0 aliphatic heterocycles. The number of hydrogen-bond donors (Lipinski definition) is 2. The van der Waals surface area contributed by atoms with E-state index in [4.69, 9.17) is 16.3 Å². The predicted octanol–water partition coefficient (Wildman–Crippen LogP) is 2.96. The maximum atomic E-state index is 12.2. The first kappa shape index (κ1) is 23.6. The Labute approximate surface area is 182 Å². The first-order valence-corrected chi connectivity index (χ1v) is 9.45. The van der Waals surface area contributed by atoms with Gasteiger partial charge in [0.2, 0.25) is 5.91 Å². The average Bonchev–Trinajstić information content (AvgIpc) is 2.75. The molecule has 0 unspecified atom stereocenters. The number of carbonyl (C=O) groups is 3. The summed E-state index contributed by atoms with van der Waals surface area (Å²) in [6.07, 6.45) is 0.447. The number of carbonyl (C=O) groups excluding carboxylic acids is 3. The summed E-state index contributed by atoms with van der Waals surface area (Å²) in [6, 6.07) is 8.30. The summed E-state index contributed by atoms with van der Waals surface area (Å²) in [7, 11) is 1.11. The molecule has 0 atom stereocenters. The molecule has 11 heteroatoms. The minimum atomic E-state index is -0.835. The standard InChI is InChI=1S/C20H20ClN3O7/c1-12-8-15(21)5-6-17(12)31-7-3-4-18(25)22-23-19(26)13-9-14(20(27)30-2)11-16(10-13)24(28)29/h5-6,8-11H,3-4,7H2,1-2H3,(H,22,25)(H,23,26). The molecule has 0 saturated carbocycles. The fourth-order valence-electron chi connectivity index (χ4n) is 2.53. The van der Waals surface area contributed by atoms with Crippen LogP contribution in [0.15, 0.2) is 36.4 Å². The van der Waals surface area contributed by atoms with E-state index in [-0.39, 0.29) is 24.2 Å². The summed E-state index contributed by atoms with van der Waals surface area (Å²) in [5.74, 6) is -1.48. The van der Waals surface area contributed by atoms with Gasteiger partial charge in [0.1, 0.15) is 5.75 Å². The highest BCUT2D eigenvalue weighted by molar-refractivity contribution is 6.30. The Morgan fingerprint density at radius 3 is 2.45 bits per heavy atom. The number of hydrogen-bond acceptors (Lipinski definition) is 7. The Morgan fingerprint density at radius 1 is 1.10 bits per heavy atom. The van der Waals surface area contributed by atoms with Crippen LogP contribution in [0.2, 0.25) is 5.02 Å². The summed E-state index contributed by atoms with van der Waals surface area (Å²) >= 11 is 5.88. The third-order valence-corrected chi connectivity index (χ3v) is 4.31. The van der Waals surface area contributed by atoms with E-state index >= 15 is 0 Å². The monoisotopic (exact) mass is 449 g/mol. The second kappa shape index (κ2) is 10.9. The third-order valence-electron chi connectivity index (χ3n) is 4.07. The molecule has 31 heavy (non-hydrogen) atoms. The number of rotatable bonds is 8. The first-order valence-electron chi connectivity index (χ1n) is 9.07. The number of nitrogens with one attached hydrogen (secondary N) is 2. The van der Waals surface area contributed by atoms with Crippen molar-refractivity contribution in [2.75, 3.05) is 13.7 Å². The van der Waals surface area contributed by atoms with E-state index in [1.54, 1.807) is 18.2 Å². The molecule has 0 heterocycles. The number of hydrazine groups is 1. The molecule has 0 aromatic heterocycles. The van der Waals surface area contributed by atoms with Gasteiger partial charge in [-0.15, -0.1) is 0 Å². The molecule has 0 aliphatic rings. The third kappa shape index (κ3) is 6.96. The molecule has 2 aromatic rings. The van der Waals surface area contributed by atoms with Crippen LogP contribution in [0.25, 0.3) is 0 Å². The van der Waals surface area contributed by atoms with Crippen LogP contribution in [0.5, 0.6) is 5.75 Å². The van der Waals surface area contributed by atoms with Gasteiger partial charge >= 0.3 is 5.97 Å². The molecule has 2 amide bonds. The van der Waals surface area contributed by atoms with E-state index in [0.717, 1.165) is 30.9 Å². The molecule has 0 spiro atoms. The predicted molar refractivity (Wildman–Crippen MR) is 111 cm³/mol. The molecule has 0 fully saturated rings. The van der Waals surface area contributed by atoms with Crippen molar-refractivity contribution in [1.82, 2.24) is 10.9 Å². The van der Waals surface area contributed by atoms with E-state index in [0.29, 0.717) is 17.2 Å². The molecule has 164 valence electrons. The Hall–Kier alpha value is -3.66. The lowest BCUT2D eigenvalue weighted by Gasteiger charge is -2.10. The van der Waals surface area contributed by atoms with Gasteiger partial charge in [0.25, 0.3) is 11.6 Å². The quantitative estimate of drug-likeness (QED) is 0.273. The first-order chi connectivity index (χ1) is 14.7. The molecule has 2 N–H and O–H groups in total. The zero-order valence-electron chi connectivity index (χ0n) is 16.8.